The van der Waals surface area contributed by atoms with Gasteiger partial charge in [0.25, 0.3) is 0 Å². The molecule has 1 aliphatic carbocycles. The molecule has 3 aliphatic rings. The van der Waals surface area contributed by atoms with E-state index in [-0.39, 0.29) is 32.3 Å². The lowest BCUT2D eigenvalue weighted by Crippen LogP contribution is -2.55. The van der Waals surface area contributed by atoms with Crippen molar-refractivity contribution in [3.05, 3.63) is 23.3 Å². The molecule has 0 spiro atoms. The van der Waals surface area contributed by atoms with Gasteiger partial charge < -0.3 is 29.3 Å². The van der Waals surface area contributed by atoms with Gasteiger partial charge in [-0.05, 0) is 43.0 Å². The van der Waals surface area contributed by atoms with Gasteiger partial charge in [-0.25, -0.2) is 4.79 Å². The topological polar surface area (TPSA) is 106 Å². The number of rotatable bonds is 1. The van der Waals surface area contributed by atoms with Gasteiger partial charge in [0.2, 0.25) is 6.79 Å². The summed E-state index contributed by atoms with van der Waals surface area (Å²) in [6.07, 6.45) is -1.33. The predicted octanol–water partition coefficient (Wildman–Crippen LogP) is 0.288. The lowest BCUT2D eigenvalue weighted by atomic mass is 9.72. The first-order valence-electron chi connectivity index (χ1n) is 8.75. The number of benzene rings is 1. The number of amides is 1. The lowest BCUT2D eigenvalue weighted by molar-refractivity contribution is -0.163. The smallest absolute Gasteiger partial charge is 0.397 e. The van der Waals surface area contributed by atoms with E-state index in [2.05, 4.69) is 0 Å². The lowest BCUT2D eigenvalue weighted by Gasteiger charge is -2.47. The molecule has 8 heteroatoms. The summed E-state index contributed by atoms with van der Waals surface area (Å²) in [7, 11) is 0. The van der Waals surface area contributed by atoms with Crippen molar-refractivity contribution in [2.75, 3.05) is 13.4 Å². The van der Waals surface area contributed by atoms with E-state index in [0.717, 1.165) is 11.1 Å². The third kappa shape index (κ3) is 2.69. The van der Waals surface area contributed by atoms with Crippen molar-refractivity contribution in [2.45, 2.75) is 50.5 Å². The molecule has 1 aromatic rings. The van der Waals surface area contributed by atoms with E-state index in [4.69, 9.17) is 14.2 Å². The van der Waals surface area contributed by atoms with E-state index in [0.29, 0.717) is 17.9 Å². The van der Waals surface area contributed by atoms with Crippen LogP contribution in [0.15, 0.2) is 12.1 Å². The molecular formula is C18H21NO7. The van der Waals surface area contributed by atoms with E-state index in [1.165, 1.54) is 4.90 Å². The van der Waals surface area contributed by atoms with Gasteiger partial charge in [-0.15, -0.1) is 0 Å². The van der Waals surface area contributed by atoms with Crippen molar-refractivity contribution in [1.82, 2.24) is 4.90 Å². The van der Waals surface area contributed by atoms with Crippen LogP contribution in [0.5, 0.6) is 11.5 Å². The molecule has 0 unspecified atom stereocenters. The summed E-state index contributed by atoms with van der Waals surface area (Å²) in [6, 6.07) is 3.31. The first-order valence-corrected chi connectivity index (χ1v) is 8.75. The molecule has 2 aliphatic heterocycles. The molecule has 1 fully saturated rings. The van der Waals surface area contributed by atoms with Crippen LogP contribution in [0.3, 0.4) is 0 Å². The van der Waals surface area contributed by atoms with Crippen LogP contribution in [0.25, 0.3) is 0 Å². The zero-order valence-corrected chi connectivity index (χ0v) is 14.4. The summed E-state index contributed by atoms with van der Waals surface area (Å²) < 4.78 is 15.7. The molecule has 0 aromatic heterocycles. The number of carbonyl (C=O) groups excluding carboxylic acids is 2. The Hall–Kier alpha value is -2.32. The molecule has 0 radical (unpaired) electrons. The fraction of sp³-hybridized carbons (Fsp3) is 0.556. The summed E-state index contributed by atoms with van der Waals surface area (Å²) in [4.78, 5) is 26.1. The molecule has 0 saturated heterocycles. The summed E-state index contributed by atoms with van der Waals surface area (Å²) in [6.45, 7) is 2.11. The van der Waals surface area contributed by atoms with Crippen LogP contribution >= 0.6 is 0 Å². The third-order valence-electron chi connectivity index (χ3n) is 5.37. The maximum Gasteiger partial charge on any atom is 0.397 e. The molecule has 1 aromatic carbocycles. The van der Waals surface area contributed by atoms with Gasteiger partial charge in [0.15, 0.2) is 11.5 Å². The third-order valence-corrected chi connectivity index (χ3v) is 5.37. The Morgan fingerprint density at radius 1 is 1.19 bits per heavy atom. The van der Waals surface area contributed by atoms with Crippen LogP contribution in [-0.4, -0.2) is 58.6 Å². The molecule has 1 amide bonds. The van der Waals surface area contributed by atoms with Gasteiger partial charge in [-0.3, -0.25) is 4.79 Å². The van der Waals surface area contributed by atoms with E-state index >= 15 is 0 Å². The Bertz CT molecular complexity index is 749. The van der Waals surface area contributed by atoms with Gasteiger partial charge in [-0.2, -0.15) is 0 Å². The van der Waals surface area contributed by atoms with Crippen molar-refractivity contribution < 1.29 is 34.0 Å². The average molecular weight is 363 g/mol. The monoisotopic (exact) mass is 363 g/mol. The van der Waals surface area contributed by atoms with Crippen molar-refractivity contribution in [3.8, 4) is 11.5 Å². The van der Waals surface area contributed by atoms with Crippen LogP contribution in [0, 0.1) is 0 Å². The second-order valence-corrected chi connectivity index (χ2v) is 6.84. The summed E-state index contributed by atoms with van der Waals surface area (Å²) in [5.41, 5.74) is 1.80. The SMILES string of the molecule is CCOC(=O)C(=O)N1Cc2cc3c(cc2[C@H]2C[C@@H](O)[C@@H](O)C[C@@H]21)OCO3. The summed E-state index contributed by atoms with van der Waals surface area (Å²) in [5.74, 6) is -0.606. The van der Waals surface area contributed by atoms with Crippen LogP contribution < -0.4 is 9.47 Å². The minimum Gasteiger partial charge on any atom is -0.459 e. The highest BCUT2D eigenvalue weighted by Gasteiger charge is 2.46. The number of ether oxygens (including phenoxy) is 3. The van der Waals surface area contributed by atoms with Gasteiger partial charge >= 0.3 is 11.9 Å². The van der Waals surface area contributed by atoms with Crippen molar-refractivity contribution in [2.24, 2.45) is 0 Å². The molecule has 2 N–H and O–H groups in total. The first kappa shape index (κ1) is 17.1. The van der Waals surface area contributed by atoms with Crippen LogP contribution in [0.1, 0.15) is 36.8 Å². The second-order valence-electron chi connectivity index (χ2n) is 6.84. The maximum atomic E-state index is 12.6. The van der Waals surface area contributed by atoms with Crippen molar-refractivity contribution in [3.63, 3.8) is 0 Å². The minimum atomic E-state index is -0.940. The molecule has 4 atom stereocenters. The van der Waals surface area contributed by atoms with Crippen molar-refractivity contribution >= 4 is 11.9 Å². The first-order chi connectivity index (χ1) is 12.5. The largest absolute Gasteiger partial charge is 0.459 e. The number of hydrogen-bond donors (Lipinski definition) is 2. The fourth-order valence-corrected chi connectivity index (χ4v) is 4.14. The van der Waals surface area contributed by atoms with Gasteiger partial charge in [0.05, 0.1) is 18.8 Å². The highest BCUT2D eigenvalue weighted by atomic mass is 16.7. The Balaban J connectivity index is 1.73. The Labute approximate surface area is 150 Å². The molecule has 140 valence electrons. The maximum absolute atomic E-state index is 12.6. The summed E-state index contributed by atoms with van der Waals surface area (Å²) in [5, 5.41) is 20.3. The quantitative estimate of drug-likeness (QED) is 0.546. The zero-order chi connectivity index (χ0) is 18.4. The number of aliphatic hydroxyl groups is 2. The molecule has 26 heavy (non-hydrogen) atoms. The highest BCUT2D eigenvalue weighted by molar-refractivity contribution is 6.32. The van der Waals surface area contributed by atoms with Crippen molar-refractivity contribution in [1.29, 1.82) is 0 Å². The Morgan fingerprint density at radius 3 is 2.62 bits per heavy atom. The minimum absolute atomic E-state index is 0.114. The number of hydrogen-bond acceptors (Lipinski definition) is 7. The molecule has 1 saturated carbocycles. The van der Waals surface area contributed by atoms with Crippen LogP contribution in [-0.2, 0) is 20.9 Å². The number of esters is 1. The van der Waals surface area contributed by atoms with E-state index in [1.54, 1.807) is 6.92 Å². The average Bonchev–Trinajstić information content (AvgIpc) is 3.07. The molecular weight excluding hydrogens is 342 g/mol. The number of nitrogens with zero attached hydrogens (tertiary/aromatic N) is 1. The Kier molecular flexibility index (Phi) is 4.24. The Morgan fingerprint density at radius 2 is 1.88 bits per heavy atom. The molecule has 0 bridgehead atoms. The molecule has 4 rings (SSSR count). The fourth-order valence-electron chi connectivity index (χ4n) is 4.14. The zero-order valence-electron chi connectivity index (χ0n) is 14.4. The highest BCUT2D eigenvalue weighted by Crippen LogP contribution is 2.46. The molecule has 8 nitrogen and oxygen atoms in total. The van der Waals surface area contributed by atoms with Gasteiger partial charge in [-0.1, -0.05) is 0 Å². The van der Waals surface area contributed by atoms with Gasteiger partial charge in [0, 0.05) is 18.5 Å². The van der Waals surface area contributed by atoms with Crippen LogP contribution in [0.4, 0.5) is 0 Å². The van der Waals surface area contributed by atoms with Gasteiger partial charge in [0.1, 0.15) is 0 Å². The standard InChI is InChI=1S/C18H21NO7/c1-2-24-18(23)17(22)19-7-9-3-15-16(26-8-25-15)5-10(9)11-4-13(20)14(21)6-12(11)19/h3,5,11-14,20-21H,2,4,6-8H2,1H3/t11-,12+,13-,14+/m1/s1. The van der Waals surface area contributed by atoms with E-state index < -0.39 is 30.1 Å². The molecule has 2 heterocycles. The number of fused-ring (bicyclic) bond motifs is 4. The number of carbonyl (C=O) groups is 2. The number of aliphatic hydroxyl groups excluding tert-OH is 2. The van der Waals surface area contributed by atoms with E-state index in [9.17, 15) is 19.8 Å². The predicted molar refractivity (Wildman–Crippen MR) is 87.5 cm³/mol. The van der Waals surface area contributed by atoms with E-state index in [1.807, 2.05) is 12.1 Å². The second kappa shape index (κ2) is 6.44. The summed E-state index contributed by atoms with van der Waals surface area (Å²) >= 11 is 0. The van der Waals surface area contributed by atoms with Crippen LogP contribution in [0.2, 0.25) is 0 Å². The normalized spacial score (nSPS) is 29.0.